The van der Waals surface area contributed by atoms with E-state index in [9.17, 15) is 0 Å². The van der Waals surface area contributed by atoms with Crippen LogP contribution in [0.5, 0.6) is 0 Å². The van der Waals surface area contributed by atoms with E-state index in [-0.39, 0.29) is 0 Å². The Bertz CT molecular complexity index is 192. The fourth-order valence-corrected chi connectivity index (χ4v) is 3.61. The molecule has 2 rings (SSSR count). The molecule has 3 heteroatoms. The molecule has 1 saturated carbocycles. The summed E-state index contributed by atoms with van der Waals surface area (Å²) in [6.07, 6.45) is 11.4. The lowest BCUT2D eigenvalue weighted by Gasteiger charge is -2.26. The highest BCUT2D eigenvalue weighted by atomic mass is 127. The Balaban J connectivity index is 1.71. The normalized spacial score (nSPS) is 36.9. The maximum absolute atomic E-state index is 6.08. The number of rotatable bonds is 3. The van der Waals surface area contributed by atoms with Gasteiger partial charge in [-0.05, 0) is 25.7 Å². The zero-order chi connectivity index (χ0) is 11.2. The molecule has 0 amide bonds. The fraction of sp³-hybridized carbons (Fsp3) is 1.00. The molecule has 3 unspecified atom stereocenters. The van der Waals surface area contributed by atoms with Gasteiger partial charge in [0, 0.05) is 10.5 Å². The van der Waals surface area contributed by atoms with Crippen molar-refractivity contribution in [3.05, 3.63) is 0 Å². The van der Waals surface area contributed by atoms with E-state index < -0.39 is 0 Å². The number of hydrogen-bond acceptors (Lipinski definition) is 2. The molecule has 0 radical (unpaired) electrons. The first kappa shape index (κ1) is 13.1. The first-order valence-corrected chi connectivity index (χ1v) is 7.98. The monoisotopic (exact) mass is 338 g/mol. The second kappa shape index (κ2) is 7.17. The minimum Gasteiger partial charge on any atom is -0.376 e. The number of halogens is 1. The molecule has 16 heavy (non-hydrogen) atoms. The molecular weight excluding hydrogens is 315 g/mol. The van der Waals surface area contributed by atoms with Crippen LogP contribution >= 0.6 is 22.6 Å². The van der Waals surface area contributed by atoms with Gasteiger partial charge in [-0.25, -0.2) is 0 Å². The molecule has 0 aromatic heterocycles. The van der Waals surface area contributed by atoms with Gasteiger partial charge >= 0.3 is 0 Å². The average molecular weight is 338 g/mol. The quantitative estimate of drug-likeness (QED) is 0.577. The van der Waals surface area contributed by atoms with Crippen molar-refractivity contribution in [2.75, 3.05) is 13.2 Å². The van der Waals surface area contributed by atoms with E-state index in [1.165, 1.54) is 51.4 Å². The van der Waals surface area contributed by atoms with Crippen molar-refractivity contribution in [1.82, 2.24) is 0 Å². The van der Waals surface area contributed by atoms with Crippen LogP contribution in [0, 0.1) is 0 Å². The zero-order valence-electron chi connectivity index (χ0n) is 10.00. The molecule has 0 N–H and O–H groups in total. The fourth-order valence-electron chi connectivity index (χ4n) is 2.60. The summed E-state index contributed by atoms with van der Waals surface area (Å²) >= 11 is 2.58. The smallest absolute Gasteiger partial charge is 0.0809 e. The van der Waals surface area contributed by atoms with Crippen LogP contribution in [0.1, 0.15) is 51.4 Å². The molecule has 94 valence electrons. The Hall–Kier alpha value is 0.650. The molecule has 3 atom stereocenters. The molecular formula is C13H23IO2. The second-order valence-electron chi connectivity index (χ2n) is 5.01. The van der Waals surface area contributed by atoms with E-state index in [2.05, 4.69) is 22.6 Å². The van der Waals surface area contributed by atoms with E-state index in [4.69, 9.17) is 9.47 Å². The van der Waals surface area contributed by atoms with Gasteiger partial charge in [-0.2, -0.15) is 0 Å². The van der Waals surface area contributed by atoms with Crippen molar-refractivity contribution in [3.63, 3.8) is 0 Å². The predicted octanol–water partition coefficient (Wildman–Crippen LogP) is 3.71. The number of alkyl halides is 1. The molecule has 2 fully saturated rings. The number of hydrogen-bond donors (Lipinski definition) is 0. The summed E-state index contributed by atoms with van der Waals surface area (Å²) in [4.78, 5) is 0. The van der Waals surface area contributed by atoms with Crippen LogP contribution in [-0.4, -0.2) is 29.3 Å². The van der Waals surface area contributed by atoms with E-state index in [0.717, 1.165) is 13.2 Å². The van der Waals surface area contributed by atoms with Crippen LogP contribution in [0.3, 0.4) is 0 Å². The van der Waals surface area contributed by atoms with Gasteiger partial charge in [-0.1, -0.05) is 48.3 Å². The lowest BCUT2D eigenvalue weighted by atomic mass is 9.98. The summed E-state index contributed by atoms with van der Waals surface area (Å²) in [5, 5.41) is 0. The van der Waals surface area contributed by atoms with Crippen LogP contribution in [0.25, 0.3) is 0 Å². The highest BCUT2D eigenvalue weighted by Crippen LogP contribution is 2.26. The molecule has 1 saturated heterocycles. The van der Waals surface area contributed by atoms with Gasteiger partial charge < -0.3 is 9.47 Å². The Morgan fingerprint density at radius 1 is 1.00 bits per heavy atom. The molecule has 0 aromatic carbocycles. The zero-order valence-corrected chi connectivity index (χ0v) is 12.2. The Morgan fingerprint density at radius 2 is 1.81 bits per heavy atom. The lowest BCUT2D eigenvalue weighted by Crippen LogP contribution is -2.29. The van der Waals surface area contributed by atoms with Crippen molar-refractivity contribution in [1.29, 1.82) is 0 Å². The SMILES string of the molecule is IC1CCCCCCC1OCC1CCCO1. The molecule has 2 aliphatic rings. The summed E-state index contributed by atoms with van der Waals surface area (Å²) < 4.78 is 12.4. The van der Waals surface area contributed by atoms with Crippen LogP contribution in [-0.2, 0) is 9.47 Å². The molecule has 1 heterocycles. The van der Waals surface area contributed by atoms with Gasteiger partial charge in [0.2, 0.25) is 0 Å². The van der Waals surface area contributed by atoms with Crippen LogP contribution in [0.15, 0.2) is 0 Å². The van der Waals surface area contributed by atoms with Gasteiger partial charge in [-0.3, -0.25) is 0 Å². The average Bonchev–Trinajstić information content (AvgIpc) is 2.76. The topological polar surface area (TPSA) is 18.5 Å². The van der Waals surface area contributed by atoms with Crippen LogP contribution in [0.4, 0.5) is 0 Å². The van der Waals surface area contributed by atoms with Gasteiger partial charge in [0.05, 0.1) is 18.8 Å². The van der Waals surface area contributed by atoms with E-state index in [1.54, 1.807) is 0 Å². The van der Waals surface area contributed by atoms with Gasteiger partial charge in [-0.15, -0.1) is 0 Å². The third-order valence-electron chi connectivity index (χ3n) is 3.64. The van der Waals surface area contributed by atoms with Crippen LogP contribution < -0.4 is 0 Å². The van der Waals surface area contributed by atoms with Crippen molar-refractivity contribution < 1.29 is 9.47 Å². The summed E-state index contributed by atoms with van der Waals surface area (Å²) in [5.74, 6) is 0. The standard InChI is InChI=1S/C13H23IO2/c14-12-7-3-1-2-4-8-13(12)16-10-11-6-5-9-15-11/h11-13H,1-10H2. The van der Waals surface area contributed by atoms with Crippen molar-refractivity contribution in [2.24, 2.45) is 0 Å². The first-order chi connectivity index (χ1) is 7.86. The maximum Gasteiger partial charge on any atom is 0.0809 e. The Morgan fingerprint density at radius 3 is 2.56 bits per heavy atom. The predicted molar refractivity (Wildman–Crippen MR) is 74.2 cm³/mol. The third-order valence-corrected chi connectivity index (χ3v) is 5.07. The molecule has 1 aliphatic carbocycles. The summed E-state index contributed by atoms with van der Waals surface area (Å²) in [5.41, 5.74) is 0. The summed E-state index contributed by atoms with van der Waals surface area (Å²) in [6, 6.07) is 0. The van der Waals surface area contributed by atoms with E-state index >= 15 is 0 Å². The van der Waals surface area contributed by atoms with E-state index in [0.29, 0.717) is 16.1 Å². The van der Waals surface area contributed by atoms with Crippen molar-refractivity contribution in [2.45, 2.75) is 67.5 Å². The molecule has 0 spiro atoms. The highest BCUT2D eigenvalue weighted by molar-refractivity contribution is 14.1. The number of ether oxygens (including phenoxy) is 2. The Labute approximate surface area is 113 Å². The minimum atomic E-state index is 0.383. The maximum atomic E-state index is 6.08. The molecule has 2 nitrogen and oxygen atoms in total. The van der Waals surface area contributed by atoms with Gasteiger partial charge in [0.15, 0.2) is 0 Å². The molecule has 0 bridgehead atoms. The summed E-state index contributed by atoms with van der Waals surface area (Å²) in [7, 11) is 0. The van der Waals surface area contributed by atoms with Crippen molar-refractivity contribution in [3.8, 4) is 0 Å². The van der Waals surface area contributed by atoms with E-state index in [1.807, 2.05) is 0 Å². The van der Waals surface area contributed by atoms with Gasteiger partial charge in [0.25, 0.3) is 0 Å². The highest BCUT2D eigenvalue weighted by Gasteiger charge is 2.23. The minimum absolute atomic E-state index is 0.383. The Kier molecular flexibility index (Phi) is 5.86. The second-order valence-corrected chi connectivity index (χ2v) is 6.61. The van der Waals surface area contributed by atoms with Crippen molar-refractivity contribution >= 4 is 22.6 Å². The van der Waals surface area contributed by atoms with Crippen LogP contribution in [0.2, 0.25) is 0 Å². The molecule has 1 aliphatic heterocycles. The third kappa shape index (κ3) is 4.15. The summed E-state index contributed by atoms with van der Waals surface area (Å²) in [6.45, 7) is 1.76. The molecule has 0 aromatic rings. The first-order valence-electron chi connectivity index (χ1n) is 6.73. The lowest BCUT2D eigenvalue weighted by molar-refractivity contribution is -0.0246. The van der Waals surface area contributed by atoms with Gasteiger partial charge in [0.1, 0.15) is 0 Å². The largest absolute Gasteiger partial charge is 0.376 e.